The quantitative estimate of drug-likeness (QED) is 0.788. The van der Waals surface area contributed by atoms with E-state index in [9.17, 15) is 18.0 Å². The summed E-state index contributed by atoms with van der Waals surface area (Å²) in [6.45, 7) is 5.22. The molecule has 23 heavy (non-hydrogen) atoms. The van der Waals surface area contributed by atoms with Crippen molar-refractivity contribution in [1.29, 1.82) is 0 Å². The monoisotopic (exact) mass is 370 g/mol. The summed E-state index contributed by atoms with van der Waals surface area (Å²) in [4.78, 5) is 12.1. The minimum Gasteiger partial charge on any atom is -0.334 e. The van der Waals surface area contributed by atoms with Gasteiger partial charge < -0.3 is 10.6 Å². The molecular formula is C15H25F3N2OS2. The highest BCUT2D eigenvalue weighted by molar-refractivity contribution is 8.07. The van der Waals surface area contributed by atoms with Crippen LogP contribution in [0.5, 0.6) is 0 Å². The van der Waals surface area contributed by atoms with E-state index in [1.54, 1.807) is 20.8 Å². The van der Waals surface area contributed by atoms with E-state index in [0.717, 1.165) is 24.3 Å². The number of alkyl halides is 3. The van der Waals surface area contributed by atoms with Crippen molar-refractivity contribution in [3.05, 3.63) is 0 Å². The van der Waals surface area contributed by atoms with Crippen LogP contribution >= 0.6 is 23.5 Å². The van der Waals surface area contributed by atoms with E-state index in [-0.39, 0.29) is 12.5 Å². The standard InChI is InChI=1S/C15H25F3N2OS2/c1-14(2,3)8-11(15(16,17)18)20-13(21)19-9-4-5-10-12(9)23-7-6-22-10/h9-12H,4-8H2,1-3H3,(H2,19,20,21). The van der Waals surface area contributed by atoms with Crippen molar-refractivity contribution in [3.63, 3.8) is 0 Å². The van der Waals surface area contributed by atoms with Gasteiger partial charge >= 0.3 is 12.2 Å². The molecule has 2 fully saturated rings. The number of rotatable bonds is 3. The first-order valence-electron chi connectivity index (χ1n) is 7.93. The summed E-state index contributed by atoms with van der Waals surface area (Å²) in [5.74, 6) is 2.16. The molecule has 4 unspecified atom stereocenters. The summed E-state index contributed by atoms with van der Waals surface area (Å²) >= 11 is 3.75. The predicted molar refractivity (Wildman–Crippen MR) is 91.1 cm³/mol. The van der Waals surface area contributed by atoms with Gasteiger partial charge in [-0.2, -0.15) is 36.7 Å². The van der Waals surface area contributed by atoms with Crippen LogP contribution < -0.4 is 10.6 Å². The summed E-state index contributed by atoms with van der Waals surface area (Å²) in [6.07, 6.45) is -2.69. The number of nitrogens with one attached hydrogen (secondary N) is 2. The van der Waals surface area contributed by atoms with Crippen LogP contribution in [0.1, 0.15) is 40.0 Å². The molecule has 1 aliphatic carbocycles. The third-order valence-corrected chi connectivity index (χ3v) is 7.39. The first-order chi connectivity index (χ1) is 10.6. The molecule has 2 N–H and O–H groups in total. The van der Waals surface area contributed by atoms with Crippen LogP contribution in [0.2, 0.25) is 0 Å². The zero-order valence-electron chi connectivity index (χ0n) is 13.7. The SMILES string of the molecule is CC(C)(C)CC(NC(=O)NC1CCC2SCCSC12)C(F)(F)F. The minimum atomic E-state index is -4.43. The maximum atomic E-state index is 13.1. The third kappa shape index (κ3) is 5.66. The molecule has 1 heterocycles. The molecule has 0 aromatic carbocycles. The summed E-state index contributed by atoms with van der Waals surface area (Å²) < 4.78 is 39.4. The number of urea groups is 1. The Bertz CT molecular complexity index is 426. The van der Waals surface area contributed by atoms with E-state index in [0.29, 0.717) is 10.5 Å². The average Bonchev–Trinajstić information content (AvgIpc) is 2.79. The van der Waals surface area contributed by atoms with E-state index in [2.05, 4.69) is 10.6 Å². The van der Waals surface area contributed by atoms with E-state index in [1.807, 2.05) is 23.5 Å². The summed E-state index contributed by atoms with van der Waals surface area (Å²) in [5.41, 5.74) is -0.512. The van der Waals surface area contributed by atoms with E-state index < -0.39 is 23.7 Å². The first kappa shape index (κ1) is 19.1. The maximum absolute atomic E-state index is 13.1. The second kappa shape index (κ2) is 7.33. The van der Waals surface area contributed by atoms with Gasteiger partial charge in [0, 0.05) is 28.0 Å². The fraction of sp³-hybridized carbons (Fsp3) is 0.933. The largest absolute Gasteiger partial charge is 0.408 e. The van der Waals surface area contributed by atoms with Crippen LogP contribution in [0.15, 0.2) is 0 Å². The Balaban J connectivity index is 1.91. The van der Waals surface area contributed by atoms with Crippen LogP contribution in [0.25, 0.3) is 0 Å². The number of carbonyl (C=O) groups excluding carboxylic acids is 1. The highest BCUT2D eigenvalue weighted by Crippen LogP contribution is 2.42. The van der Waals surface area contributed by atoms with Crippen LogP contribution in [0.3, 0.4) is 0 Å². The number of fused-ring (bicyclic) bond motifs is 1. The maximum Gasteiger partial charge on any atom is 0.408 e. The van der Waals surface area contributed by atoms with Crippen LogP contribution in [0, 0.1) is 5.41 Å². The molecule has 3 nitrogen and oxygen atoms in total. The Hall–Kier alpha value is -0.240. The highest BCUT2D eigenvalue weighted by Gasteiger charge is 2.44. The lowest BCUT2D eigenvalue weighted by Crippen LogP contribution is -2.54. The molecule has 0 spiro atoms. The zero-order valence-corrected chi connectivity index (χ0v) is 15.3. The number of hydrogen-bond acceptors (Lipinski definition) is 3. The molecule has 0 aromatic rings. The molecule has 2 rings (SSSR count). The van der Waals surface area contributed by atoms with Gasteiger partial charge in [-0.1, -0.05) is 20.8 Å². The molecule has 2 amide bonds. The lowest BCUT2D eigenvalue weighted by atomic mass is 9.88. The van der Waals surface area contributed by atoms with E-state index >= 15 is 0 Å². The van der Waals surface area contributed by atoms with Crippen LogP contribution in [0.4, 0.5) is 18.0 Å². The molecule has 4 atom stereocenters. The van der Waals surface area contributed by atoms with Crippen molar-refractivity contribution >= 4 is 29.6 Å². The molecular weight excluding hydrogens is 345 g/mol. The molecule has 1 saturated heterocycles. The Morgan fingerprint density at radius 3 is 2.43 bits per heavy atom. The topological polar surface area (TPSA) is 41.1 Å². The van der Waals surface area contributed by atoms with Crippen LogP contribution in [-0.4, -0.2) is 46.3 Å². The Kier molecular flexibility index (Phi) is 6.09. The van der Waals surface area contributed by atoms with Crippen molar-refractivity contribution in [2.45, 2.75) is 68.8 Å². The van der Waals surface area contributed by atoms with Gasteiger partial charge in [0.2, 0.25) is 0 Å². The normalized spacial score (nSPS) is 29.7. The lowest BCUT2D eigenvalue weighted by molar-refractivity contribution is -0.159. The van der Waals surface area contributed by atoms with Gasteiger partial charge in [0.25, 0.3) is 0 Å². The first-order valence-corrected chi connectivity index (χ1v) is 10.0. The molecule has 0 bridgehead atoms. The number of hydrogen-bond donors (Lipinski definition) is 2. The fourth-order valence-electron chi connectivity index (χ4n) is 3.10. The minimum absolute atomic E-state index is 0.0266. The van der Waals surface area contributed by atoms with Crippen molar-refractivity contribution < 1.29 is 18.0 Å². The van der Waals surface area contributed by atoms with E-state index in [4.69, 9.17) is 0 Å². The third-order valence-electron chi connectivity index (χ3n) is 4.08. The van der Waals surface area contributed by atoms with Crippen molar-refractivity contribution in [3.8, 4) is 0 Å². The van der Waals surface area contributed by atoms with Gasteiger partial charge in [-0.05, 0) is 24.7 Å². The molecule has 0 aromatic heterocycles. The molecule has 1 aliphatic heterocycles. The van der Waals surface area contributed by atoms with Crippen molar-refractivity contribution in [2.24, 2.45) is 5.41 Å². The zero-order chi connectivity index (χ0) is 17.3. The van der Waals surface area contributed by atoms with Gasteiger partial charge in [-0.3, -0.25) is 0 Å². The van der Waals surface area contributed by atoms with Gasteiger partial charge in [-0.15, -0.1) is 0 Å². The Morgan fingerprint density at radius 1 is 1.17 bits per heavy atom. The van der Waals surface area contributed by atoms with Crippen LogP contribution in [-0.2, 0) is 0 Å². The summed E-state index contributed by atoms with van der Waals surface area (Å²) in [5, 5.41) is 5.77. The Labute approximate surface area is 144 Å². The number of amides is 2. The van der Waals surface area contributed by atoms with Crippen molar-refractivity contribution in [1.82, 2.24) is 10.6 Å². The number of thioether (sulfide) groups is 2. The predicted octanol–water partition coefficient (Wildman–Crippen LogP) is 4.03. The molecule has 8 heteroatoms. The van der Waals surface area contributed by atoms with E-state index in [1.165, 1.54) is 0 Å². The highest BCUT2D eigenvalue weighted by atomic mass is 32.2. The number of carbonyl (C=O) groups is 1. The van der Waals surface area contributed by atoms with Gasteiger partial charge in [0.1, 0.15) is 6.04 Å². The second-order valence-electron chi connectivity index (χ2n) is 7.41. The number of halogens is 3. The summed E-state index contributed by atoms with van der Waals surface area (Å²) in [7, 11) is 0. The van der Waals surface area contributed by atoms with Crippen molar-refractivity contribution in [2.75, 3.05) is 11.5 Å². The fourth-order valence-corrected chi connectivity index (χ4v) is 6.39. The lowest BCUT2D eigenvalue weighted by Gasteiger charge is -2.31. The smallest absolute Gasteiger partial charge is 0.334 e. The molecule has 2 aliphatic rings. The molecule has 134 valence electrons. The van der Waals surface area contributed by atoms with Gasteiger partial charge in [0.05, 0.1) is 0 Å². The van der Waals surface area contributed by atoms with Gasteiger partial charge in [-0.25, -0.2) is 4.79 Å². The Morgan fingerprint density at radius 2 is 1.83 bits per heavy atom. The van der Waals surface area contributed by atoms with Gasteiger partial charge in [0.15, 0.2) is 0 Å². The molecule has 1 saturated carbocycles. The summed E-state index contributed by atoms with van der Waals surface area (Å²) in [6, 6.07) is -2.53. The second-order valence-corrected chi connectivity index (χ2v) is 10.0. The molecule has 0 radical (unpaired) electrons. The average molecular weight is 371 g/mol.